The molecule has 4 heteroatoms. The quantitative estimate of drug-likeness (QED) is 0.736. The lowest BCUT2D eigenvalue weighted by Crippen LogP contribution is -2.41. The highest BCUT2D eigenvalue weighted by Gasteiger charge is 2.50. The summed E-state index contributed by atoms with van der Waals surface area (Å²) in [5, 5.41) is 1.15. The number of hydrogen-bond donors (Lipinski definition) is 0. The van der Waals surface area contributed by atoms with Crippen LogP contribution in [-0.4, -0.2) is 18.3 Å². The number of fused-ring (bicyclic) bond motifs is 1. The molecule has 0 amide bonds. The van der Waals surface area contributed by atoms with E-state index in [1.165, 1.54) is 0 Å². The smallest absolute Gasteiger partial charge is 0.462 e. The van der Waals surface area contributed by atoms with Crippen molar-refractivity contribution in [2.45, 2.75) is 66.0 Å². The molecule has 1 aliphatic rings. The summed E-state index contributed by atoms with van der Waals surface area (Å²) in [6.45, 7) is 14.4. The van der Waals surface area contributed by atoms with E-state index < -0.39 is 0 Å². The predicted octanol–water partition coefficient (Wildman–Crippen LogP) is 4.94. The Morgan fingerprint density at radius 2 is 1.59 bits per heavy atom. The monoisotopic (exact) mass is 302 g/mol. The highest BCUT2D eigenvalue weighted by Crippen LogP contribution is 2.38. The van der Waals surface area contributed by atoms with Gasteiger partial charge in [0.15, 0.2) is 0 Å². The second-order valence-corrected chi connectivity index (χ2v) is 6.60. The summed E-state index contributed by atoms with van der Waals surface area (Å²) in [7, 11) is -0.221. The molecule has 1 aromatic heterocycles. The molecular formula is C18H27BO3. The Kier molecular flexibility index (Phi) is 4.74. The Hall–Kier alpha value is -1.26. The standard InChI is InChI=1S/C16H21BO3.C2H6/c1-11-7-6-8-13-12(10-18-14(11)13)9-17-19-15(2,3)16(4,5)20-17;1-2/h6-8,10H,9H2,1-5H3;1-2H3. The zero-order valence-electron chi connectivity index (χ0n) is 14.8. The summed E-state index contributed by atoms with van der Waals surface area (Å²) < 4.78 is 17.8. The van der Waals surface area contributed by atoms with E-state index in [1.54, 1.807) is 0 Å². The molecule has 2 heterocycles. The molecule has 0 aliphatic carbocycles. The average Bonchev–Trinajstić information content (AvgIpc) is 2.93. The molecule has 1 fully saturated rings. The fourth-order valence-electron chi connectivity index (χ4n) is 2.64. The maximum absolute atomic E-state index is 6.05. The van der Waals surface area contributed by atoms with Crippen LogP contribution in [-0.2, 0) is 15.6 Å². The van der Waals surface area contributed by atoms with Crippen LogP contribution < -0.4 is 0 Å². The summed E-state index contributed by atoms with van der Waals surface area (Å²) in [6.07, 6.45) is 2.53. The Morgan fingerprint density at radius 3 is 2.18 bits per heavy atom. The van der Waals surface area contributed by atoms with Gasteiger partial charge in [0.25, 0.3) is 0 Å². The van der Waals surface area contributed by atoms with Gasteiger partial charge in [0.2, 0.25) is 0 Å². The van der Waals surface area contributed by atoms with E-state index in [4.69, 9.17) is 13.7 Å². The first-order valence-electron chi connectivity index (χ1n) is 8.11. The van der Waals surface area contributed by atoms with Crippen molar-refractivity contribution in [2.75, 3.05) is 0 Å². The molecule has 0 N–H and O–H groups in total. The van der Waals surface area contributed by atoms with E-state index in [2.05, 4.69) is 52.8 Å². The molecule has 0 unspecified atom stereocenters. The highest BCUT2D eigenvalue weighted by atomic mass is 16.7. The van der Waals surface area contributed by atoms with Gasteiger partial charge in [-0.1, -0.05) is 32.0 Å². The maximum atomic E-state index is 6.05. The number of hydrogen-bond acceptors (Lipinski definition) is 3. The zero-order valence-corrected chi connectivity index (χ0v) is 14.8. The van der Waals surface area contributed by atoms with Gasteiger partial charge in [-0.05, 0) is 45.7 Å². The predicted molar refractivity (Wildman–Crippen MR) is 92.1 cm³/mol. The normalized spacial score (nSPS) is 19.1. The molecule has 1 saturated heterocycles. The first kappa shape index (κ1) is 17.1. The lowest BCUT2D eigenvalue weighted by Gasteiger charge is -2.32. The largest absolute Gasteiger partial charge is 0.464 e. The van der Waals surface area contributed by atoms with Crippen molar-refractivity contribution in [3.63, 3.8) is 0 Å². The van der Waals surface area contributed by atoms with E-state index in [0.29, 0.717) is 6.32 Å². The molecular weight excluding hydrogens is 275 g/mol. The maximum Gasteiger partial charge on any atom is 0.462 e. The Morgan fingerprint density at radius 1 is 1.00 bits per heavy atom. The molecule has 0 atom stereocenters. The number of benzene rings is 1. The lowest BCUT2D eigenvalue weighted by molar-refractivity contribution is 0.00578. The molecule has 1 aromatic carbocycles. The van der Waals surface area contributed by atoms with Crippen molar-refractivity contribution in [3.8, 4) is 0 Å². The number of aryl methyl sites for hydroxylation is 1. The molecule has 120 valence electrons. The third kappa shape index (κ3) is 2.95. The Balaban J connectivity index is 0.000000847. The van der Waals surface area contributed by atoms with Gasteiger partial charge >= 0.3 is 7.12 Å². The van der Waals surface area contributed by atoms with Crippen LogP contribution in [0.1, 0.15) is 52.7 Å². The lowest BCUT2D eigenvalue weighted by atomic mass is 9.80. The molecule has 0 radical (unpaired) electrons. The minimum atomic E-state index is -0.285. The van der Waals surface area contributed by atoms with E-state index in [0.717, 1.165) is 22.1 Å². The van der Waals surface area contributed by atoms with Gasteiger partial charge in [0.05, 0.1) is 17.5 Å². The molecule has 0 saturated carbocycles. The molecule has 1 aliphatic heterocycles. The summed E-state index contributed by atoms with van der Waals surface area (Å²) in [5.74, 6) is 0. The highest BCUT2D eigenvalue weighted by molar-refractivity contribution is 6.45. The molecule has 0 spiro atoms. The zero-order chi connectivity index (χ0) is 16.5. The first-order valence-corrected chi connectivity index (χ1v) is 8.11. The minimum absolute atomic E-state index is 0.221. The molecule has 2 aromatic rings. The van der Waals surface area contributed by atoms with Crippen molar-refractivity contribution in [1.29, 1.82) is 0 Å². The second-order valence-electron chi connectivity index (χ2n) is 6.60. The Labute approximate surface area is 134 Å². The van der Waals surface area contributed by atoms with E-state index in [-0.39, 0.29) is 18.3 Å². The van der Waals surface area contributed by atoms with Crippen LogP contribution in [0.15, 0.2) is 28.9 Å². The van der Waals surface area contributed by atoms with Gasteiger partial charge in [-0.25, -0.2) is 0 Å². The summed E-state index contributed by atoms with van der Waals surface area (Å²) in [6, 6.07) is 6.21. The topological polar surface area (TPSA) is 31.6 Å². The number of furan rings is 1. The van der Waals surface area contributed by atoms with E-state index in [1.807, 2.05) is 20.1 Å². The van der Waals surface area contributed by atoms with Gasteiger partial charge < -0.3 is 13.7 Å². The van der Waals surface area contributed by atoms with Gasteiger partial charge in [-0.3, -0.25) is 0 Å². The van der Waals surface area contributed by atoms with Crippen LogP contribution in [0.25, 0.3) is 11.0 Å². The Bertz CT molecular complexity index is 627. The van der Waals surface area contributed by atoms with Crippen LogP contribution in [0.2, 0.25) is 0 Å². The molecule has 3 nitrogen and oxygen atoms in total. The van der Waals surface area contributed by atoms with Gasteiger partial charge in [-0.2, -0.15) is 0 Å². The van der Waals surface area contributed by atoms with Crippen molar-refractivity contribution in [3.05, 3.63) is 35.6 Å². The van der Waals surface area contributed by atoms with Crippen LogP contribution >= 0.6 is 0 Å². The van der Waals surface area contributed by atoms with Crippen molar-refractivity contribution in [2.24, 2.45) is 0 Å². The van der Waals surface area contributed by atoms with Crippen LogP contribution in [0.5, 0.6) is 0 Å². The third-order valence-corrected chi connectivity index (χ3v) is 4.57. The van der Waals surface area contributed by atoms with E-state index in [9.17, 15) is 0 Å². The molecule has 3 rings (SSSR count). The van der Waals surface area contributed by atoms with Gasteiger partial charge in [0, 0.05) is 11.7 Å². The first-order chi connectivity index (χ1) is 10.3. The summed E-state index contributed by atoms with van der Waals surface area (Å²) in [4.78, 5) is 0. The van der Waals surface area contributed by atoms with Crippen molar-refractivity contribution >= 4 is 18.1 Å². The average molecular weight is 302 g/mol. The number of rotatable bonds is 2. The second kappa shape index (κ2) is 6.09. The molecule has 22 heavy (non-hydrogen) atoms. The molecule has 0 bridgehead atoms. The third-order valence-electron chi connectivity index (χ3n) is 4.57. The van der Waals surface area contributed by atoms with Gasteiger partial charge in [0.1, 0.15) is 5.58 Å². The summed E-state index contributed by atoms with van der Waals surface area (Å²) in [5.41, 5.74) is 2.68. The van der Waals surface area contributed by atoms with E-state index >= 15 is 0 Å². The fraction of sp³-hybridized carbons (Fsp3) is 0.556. The van der Waals surface area contributed by atoms with Gasteiger partial charge in [-0.15, -0.1) is 0 Å². The van der Waals surface area contributed by atoms with Crippen LogP contribution in [0, 0.1) is 6.92 Å². The van der Waals surface area contributed by atoms with Crippen molar-refractivity contribution < 1.29 is 13.7 Å². The van der Waals surface area contributed by atoms with Crippen LogP contribution in [0.3, 0.4) is 0 Å². The SMILES string of the molecule is CC.Cc1cccc2c(CB3OC(C)(C)C(C)(C)O3)coc12. The fourth-order valence-corrected chi connectivity index (χ4v) is 2.64. The summed E-state index contributed by atoms with van der Waals surface area (Å²) >= 11 is 0. The number of para-hydroxylation sites is 1. The minimum Gasteiger partial charge on any atom is -0.464 e. The van der Waals surface area contributed by atoms with Crippen LogP contribution in [0.4, 0.5) is 0 Å². The van der Waals surface area contributed by atoms with Crippen molar-refractivity contribution in [1.82, 2.24) is 0 Å².